The molecule has 4 aliphatic rings. The van der Waals surface area contributed by atoms with Crippen LogP contribution in [0.25, 0.3) is 0 Å². The highest BCUT2D eigenvalue weighted by Crippen LogP contribution is 2.65. The van der Waals surface area contributed by atoms with Gasteiger partial charge in [0.05, 0.1) is 35.6 Å². The molecule has 0 aromatic heterocycles. The minimum atomic E-state index is -2.85. The van der Waals surface area contributed by atoms with Crippen molar-refractivity contribution >= 4 is 52.2 Å². The quantitative estimate of drug-likeness (QED) is 0.0356. The molecule has 2 bridgehead atoms. The Kier molecular flexibility index (Phi) is 18.2. The molecule has 20 heteroatoms. The maximum Gasteiger partial charge on any atom is 0.341 e. The Hall–Kier alpha value is -5.52. The molecule has 0 unspecified atom stereocenters. The van der Waals surface area contributed by atoms with E-state index in [2.05, 4.69) is 5.32 Å². The summed E-state index contributed by atoms with van der Waals surface area (Å²) in [5.41, 5.74) is -8.63. The van der Waals surface area contributed by atoms with Gasteiger partial charge in [0, 0.05) is 43.7 Å². The SMILES string of the molecule is CC[Si](CC)(CC)O[C@H]1C[C@H]2OC[C@@]2(OC(C)=O)[C@H]2[C@H](OC(=O)c3cc(F)c(F)cc3F)[C@]3(O)C[C@H](OC(=O)[C@H](O[Si](CC)(CC)CC)[C@@H](NC(=O)c4ccccc4)c4ccccc4)C(C)=C([C@@H](OC(C)=O)C(=O)[C@]12C)C3(C)C. The first-order valence-electron chi connectivity index (χ1n) is 27.5. The van der Waals surface area contributed by atoms with Crippen molar-refractivity contribution < 1.29 is 79.6 Å². The summed E-state index contributed by atoms with van der Waals surface area (Å²) >= 11 is 0. The Bertz CT molecular complexity index is 2810. The van der Waals surface area contributed by atoms with Gasteiger partial charge in [-0.15, -0.1) is 0 Å². The van der Waals surface area contributed by atoms with Gasteiger partial charge in [-0.3, -0.25) is 19.2 Å². The van der Waals surface area contributed by atoms with Crippen molar-refractivity contribution in [2.45, 2.75) is 186 Å². The molecule has 3 aliphatic carbocycles. The van der Waals surface area contributed by atoms with Crippen LogP contribution >= 0.6 is 0 Å². The summed E-state index contributed by atoms with van der Waals surface area (Å²) < 4.78 is 91.7. The number of fused-ring (bicyclic) bond motifs is 5. The van der Waals surface area contributed by atoms with E-state index in [4.69, 9.17) is 32.5 Å². The lowest BCUT2D eigenvalue weighted by Crippen LogP contribution is -2.82. The van der Waals surface area contributed by atoms with E-state index >= 15 is 18.4 Å². The summed E-state index contributed by atoms with van der Waals surface area (Å²) in [6, 6.07) is 19.9. The third-order valence-electron chi connectivity index (χ3n) is 18.3. The normalized spacial score (nSPS) is 28.1. The first-order valence-corrected chi connectivity index (χ1v) is 32.6. The monoisotopic (exact) mass is 1140 g/mol. The average Bonchev–Trinajstić information content (AvgIpc) is 3.37. The molecule has 79 heavy (non-hydrogen) atoms. The first kappa shape index (κ1) is 61.1. The highest BCUT2D eigenvalue weighted by molar-refractivity contribution is 6.74. The highest BCUT2D eigenvalue weighted by Gasteiger charge is 2.79. The molecule has 3 fully saturated rings. The standard InChI is InChI=1S/C59H76F3NO14Si2/c1-13-78(14-2,15-3)76-44-31-45-58(33-71-45,75-36(9)65)50-52(74-54(68)39-29-41(61)42(62)30-40(39)60)59(70)32-43(34(7)46(56(59,10)11)48(72-35(8)64)51(66)57(44,50)12)73-55(69)49(77-79(16-4,17-5)18-6)47(37-25-21-19-22-26-37)63-53(67)38-27-23-20-24-28-38/h19-30,43-45,47-50,52,70H,13-18,31-33H2,1-12H3,(H,63,67)/t43-,44-,45+,47-,48+,49+,50-,52-,57+,58-,59+/m0/s1. The summed E-state index contributed by atoms with van der Waals surface area (Å²) in [7, 11) is -5.64. The Morgan fingerprint density at radius 2 is 1.34 bits per heavy atom. The largest absolute Gasteiger partial charge is 0.456 e. The van der Waals surface area contributed by atoms with Crippen molar-refractivity contribution in [1.29, 1.82) is 0 Å². The third kappa shape index (κ3) is 10.9. The maximum absolute atomic E-state index is 16.6. The van der Waals surface area contributed by atoms with Gasteiger partial charge in [-0.1, -0.05) is 104 Å². The average molecular weight is 1140 g/mol. The summed E-state index contributed by atoms with van der Waals surface area (Å²) in [6.45, 7) is 19.8. The summed E-state index contributed by atoms with van der Waals surface area (Å²) in [4.78, 5) is 88.5. The van der Waals surface area contributed by atoms with Crippen LogP contribution in [-0.4, -0.2) is 112 Å². The molecular weight excluding hydrogens is 1060 g/mol. The smallest absolute Gasteiger partial charge is 0.341 e. The molecule has 2 saturated carbocycles. The number of nitrogens with one attached hydrogen (secondary N) is 1. The van der Waals surface area contributed by atoms with Gasteiger partial charge in [0.15, 0.2) is 51.9 Å². The lowest BCUT2D eigenvalue weighted by molar-refractivity contribution is -0.344. The molecule has 3 aromatic carbocycles. The molecule has 11 atom stereocenters. The fourth-order valence-corrected chi connectivity index (χ4v) is 18.8. The van der Waals surface area contributed by atoms with E-state index in [1.165, 1.54) is 20.8 Å². The van der Waals surface area contributed by atoms with E-state index in [0.29, 0.717) is 53.5 Å². The Morgan fingerprint density at radius 1 is 0.772 bits per heavy atom. The van der Waals surface area contributed by atoms with Crippen LogP contribution in [0.1, 0.15) is 128 Å². The zero-order valence-electron chi connectivity index (χ0n) is 47.3. The number of carbonyl (C=O) groups excluding carboxylic acids is 6. The van der Waals surface area contributed by atoms with E-state index in [1.807, 2.05) is 41.5 Å². The predicted molar refractivity (Wildman–Crippen MR) is 290 cm³/mol. The summed E-state index contributed by atoms with van der Waals surface area (Å²) in [6.07, 6.45) is -10.1. The second kappa shape index (κ2) is 23.5. The van der Waals surface area contributed by atoms with E-state index in [-0.39, 0.29) is 23.6 Å². The molecule has 1 heterocycles. The van der Waals surface area contributed by atoms with Gasteiger partial charge in [0.2, 0.25) is 0 Å². The van der Waals surface area contributed by atoms with Gasteiger partial charge in [-0.25, -0.2) is 22.8 Å². The van der Waals surface area contributed by atoms with Crippen LogP contribution < -0.4 is 5.32 Å². The van der Waals surface area contributed by atoms with E-state index in [1.54, 1.807) is 67.6 Å². The van der Waals surface area contributed by atoms with Gasteiger partial charge in [-0.2, -0.15) is 0 Å². The molecule has 1 amide bonds. The molecule has 0 spiro atoms. The van der Waals surface area contributed by atoms with Gasteiger partial charge in [0.25, 0.3) is 5.91 Å². The molecule has 1 saturated heterocycles. The minimum Gasteiger partial charge on any atom is -0.456 e. The van der Waals surface area contributed by atoms with Crippen molar-refractivity contribution in [2.75, 3.05) is 6.61 Å². The summed E-state index contributed by atoms with van der Waals surface area (Å²) in [5.74, 6) is -12.1. The zero-order chi connectivity index (χ0) is 58.2. The van der Waals surface area contributed by atoms with Gasteiger partial charge in [0.1, 0.15) is 29.7 Å². The van der Waals surface area contributed by atoms with Crippen LogP contribution in [0.15, 0.2) is 83.9 Å². The van der Waals surface area contributed by atoms with Crippen molar-refractivity contribution in [1.82, 2.24) is 5.32 Å². The maximum atomic E-state index is 16.6. The van der Waals surface area contributed by atoms with Crippen LogP contribution in [0.2, 0.25) is 36.3 Å². The first-order chi connectivity index (χ1) is 37.2. The highest BCUT2D eigenvalue weighted by atomic mass is 28.4. The Balaban J connectivity index is 1.51. The van der Waals surface area contributed by atoms with Crippen molar-refractivity contribution in [3.63, 3.8) is 0 Å². The number of aliphatic hydroxyl groups is 1. The van der Waals surface area contributed by atoms with Crippen molar-refractivity contribution in [2.24, 2.45) is 16.7 Å². The van der Waals surface area contributed by atoms with E-state index in [9.17, 15) is 28.7 Å². The number of carbonyl (C=O) groups is 6. The van der Waals surface area contributed by atoms with Crippen LogP contribution in [0.3, 0.4) is 0 Å². The number of ether oxygens (including phenoxy) is 5. The van der Waals surface area contributed by atoms with Crippen LogP contribution in [0.5, 0.6) is 0 Å². The van der Waals surface area contributed by atoms with Crippen LogP contribution in [0.4, 0.5) is 13.2 Å². The lowest BCUT2D eigenvalue weighted by atomic mass is 9.44. The lowest BCUT2D eigenvalue weighted by Gasteiger charge is -2.68. The Labute approximate surface area is 462 Å². The fraction of sp³-hybridized carbons (Fsp3) is 0.559. The number of halogens is 3. The molecule has 1 aliphatic heterocycles. The number of Topliss-reactive ketones (excluding diaryl/α,β-unsaturated/α-hetero) is 1. The second-order valence-corrected chi connectivity index (χ2v) is 31.9. The third-order valence-corrected chi connectivity index (χ3v) is 27.6. The molecule has 2 N–H and O–H groups in total. The Morgan fingerprint density at radius 3 is 1.87 bits per heavy atom. The molecule has 430 valence electrons. The zero-order valence-corrected chi connectivity index (χ0v) is 49.3. The fourth-order valence-electron chi connectivity index (χ4n) is 13.1. The number of hydrogen-bond acceptors (Lipinski definition) is 14. The van der Waals surface area contributed by atoms with Crippen LogP contribution in [-0.2, 0) is 51.7 Å². The van der Waals surface area contributed by atoms with E-state index < -0.39 is 159 Å². The molecule has 7 rings (SSSR count). The van der Waals surface area contributed by atoms with Gasteiger partial charge in [-0.05, 0) is 85.0 Å². The molecule has 15 nitrogen and oxygen atoms in total. The number of benzene rings is 3. The molecule has 0 radical (unpaired) electrons. The minimum absolute atomic E-state index is 0.0370. The number of hydrogen-bond donors (Lipinski definition) is 2. The number of ketones is 1. The summed E-state index contributed by atoms with van der Waals surface area (Å²) in [5, 5.41) is 17.4. The van der Waals surface area contributed by atoms with E-state index in [0.717, 1.165) is 13.8 Å². The second-order valence-electron chi connectivity index (χ2n) is 22.4. The number of esters is 4. The number of rotatable bonds is 20. The number of amides is 1. The van der Waals surface area contributed by atoms with Gasteiger partial charge >= 0.3 is 23.9 Å². The predicted octanol–water partition coefficient (Wildman–Crippen LogP) is 10.2. The van der Waals surface area contributed by atoms with Crippen molar-refractivity contribution in [3.05, 3.63) is 118 Å². The van der Waals surface area contributed by atoms with Crippen molar-refractivity contribution in [3.8, 4) is 0 Å². The van der Waals surface area contributed by atoms with Gasteiger partial charge < -0.3 is 43.0 Å². The van der Waals surface area contributed by atoms with Crippen LogP contribution in [0, 0.1) is 34.2 Å². The topological polar surface area (TPSA) is 199 Å². The molecular formula is C59H76F3NO14Si2. The molecule has 3 aromatic rings.